The molecule has 0 spiro atoms. The van der Waals surface area contributed by atoms with Crippen molar-refractivity contribution in [2.24, 2.45) is 11.8 Å². The molecule has 1 fully saturated rings. The molecule has 3 aromatic heterocycles. The number of aryl methyl sites for hydroxylation is 1. The summed E-state index contributed by atoms with van der Waals surface area (Å²) in [6, 6.07) is 8.39. The molecule has 5 heteroatoms. The van der Waals surface area contributed by atoms with Gasteiger partial charge in [0.25, 0.3) is 0 Å². The molecule has 3 heterocycles. The Bertz CT molecular complexity index is 877. The molecule has 3 aromatic rings. The Hall–Kier alpha value is -2.43. The molecule has 0 N–H and O–H groups in total. The van der Waals surface area contributed by atoms with E-state index in [-0.39, 0.29) is 5.92 Å². The van der Waals surface area contributed by atoms with Crippen LogP contribution in [0.3, 0.4) is 0 Å². The number of rotatable bonds is 6. The highest BCUT2D eigenvalue weighted by atomic mass is 16.3. The van der Waals surface area contributed by atoms with Crippen molar-refractivity contribution in [3.05, 3.63) is 53.8 Å². The van der Waals surface area contributed by atoms with Crippen LogP contribution in [0.25, 0.3) is 11.6 Å². The second kappa shape index (κ2) is 6.71. The van der Waals surface area contributed by atoms with E-state index in [0.717, 1.165) is 17.3 Å². The first kappa shape index (κ1) is 17.0. The number of hydrogen-bond acceptors (Lipinski definition) is 4. The van der Waals surface area contributed by atoms with Gasteiger partial charge in [-0.2, -0.15) is 0 Å². The summed E-state index contributed by atoms with van der Waals surface area (Å²) in [6.45, 7) is 8.67. The van der Waals surface area contributed by atoms with Crippen molar-refractivity contribution >= 4 is 0 Å². The molecule has 1 saturated carbocycles. The van der Waals surface area contributed by atoms with Gasteiger partial charge in [0.05, 0.1) is 6.04 Å². The second-order valence-electron chi connectivity index (χ2n) is 7.73. The Kier molecular flexibility index (Phi) is 4.39. The number of nitrogens with zero attached hydrogens (tertiary/aromatic N) is 4. The molecule has 5 nitrogen and oxygen atoms in total. The quantitative estimate of drug-likeness (QED) is 0.628. The molecule has 0 amide bonds. The average molecular weight is 350 g/mol. The molecule has 136 valence electrons. The van der Waals surface area contributed by atoms with Crippen molar-refractivity contribution in [1.29, 1.82) is 0 Å². The normalized spacial score (nSPS) is 16.8. The molecule has 0 aliphatic heterocycles. The van der Waals surface area contributed by atoms with Crippen LogP contribution in [0.1, 0.15) is 62.7 Å². The number of aromatic nitrogens is 4. The van der Waals surface area contributed by atoms with E-state index >= 15 is 0 Å². The highest BCUT2D eigenvalue weighted by Crippen LogP contribution is 2.42. The monoisotopic (exact) mass is 350 g/mol. The van der Waals surface area contributed by atoms with Crippen molar-refractivity contribution in [2.45, 2.75) is 52.5 Å². The van der Waals surface area contributed by atoms with E-state index in [1.54, 1.807) is 0 Å². The van der Waals surface area contributed by atoms with Gasteiger partial charge < -0.3 is 4.42 Å². The maximum atomic E-state index is 5.79. The molecule has 1 aliphatic carbocycles. The van der Waals surface area contributed by atoms with Crippen LogP contribution in [0, 0.1) is 18.8 Å². The molecule has 26 heavy (non-hydrogen) atoms. The van der Waals surface area contributed by atoms with Gasteiger partial charge in [-0.25, -0.2) is 9.67 Å². The van der Waals surface area contributed by atoms with Crippen LogP contribution in [0.2, 0.25) is 0 Å². The first-order valence-electron chi connectivity index (χ1n) is 9.47. The van der Waals surface area contributed by atoms with Gasteiger partial charge in [-0.1, -0.05) is 19.9 Å². The van der Waals surface area contributed by atoms with Crippen LogP contribution >= 0.6 is 0 Å². The zero-order valence-corrected chi connectivity index (χ0v) is 15.9. The minimum absolute atomic E-state index is 0.155. The van der Waals surface area contributed by atoms with Crippen molar-refractivity contribution in [3.63, 3.8) is 0 Å². The summed E-state index contributed by atoms with van der Waals surface area (Å²) in [6.07, 6.45) is 6.31. The van der Waals surface area contributed by atoms with Gasteiger partial charge in [-0.05, 0) is 62.3 Å². The minimum atomic E-state index is 0.155. The number of furan rings is 1. The fourth-order valence-electron chi connectivity index (χ4n) is 3.68. The fraction of sp³-hybridized carbons (Fsp3) is 0.476. The van der Waals surface area contributed by atoms with Crippen LogP contribution in [0.5, 0.6) is 0 Å². The van der Waals surface area contributed by atoms with Gasteiger partial charge in [0.15, 0.2) is 5.76 Å². The lowest BCUT2D eigenvalue weighted by molar-refractivity contribution is 0.397. The lowest BCUT2D eigenvalue weighted by Gasteiger charge is -2.23. The maximum absolute atomic E-state index is 5.79. The Balaban J connectivity index is 1.83. The van der Waals surface area contributed by atoms with Crippen molar-refractivity contribution in [3.8, 4) is 11.6 Å². The second-order valence-corrected chi connectivity index (χ2v) is 7.73. The molecule has 2 atom stereocenters. The largest absolute Gasteiger partial charge is 0.458 e. The smallest absolute Gasteiger partial charge is 0.217 e. The molecular weight excluding hydrogens is 324 g/mol. The van der Waals surface area contributed by atoms with E-state index in [9.17, 15) is 0 Å². The van der Waals surface area contributed by atoms with Gasteiger partial charge in [0.2, 0.25) is 5.82 Å². The molecule has 0 bridgehead atoms. The highest BCUT2D eigenvalue weighted by molar-refractivity contribution is 5.47. The first-order chi connectivity index (χ1) is 12.5. The number of hydrogen-bond donors (Lipinski definition) is 0. The van der Waals surface area contributed by atoms with Crippen LogP contribution in [0.4, 0.5) is 0 Å². The summed E-state index contributed by atoms with van der Waals surface area (Å²) >= 11 is 0. The van der Waals surface area contributed by atoms with Crippen molar-refractivity contribution in [2.75, 3.05) is 0 Å². The average Bonchev–Trinajstić information content (AvgIpc) is 3.25. The molecule has 2 unspecified atom stereocenters. The topological polar surface area (TPSA) is 56.7 Å². The summed E-state index contributed by atoms with van der Waals surface area (Å²) in [5, 5.41) is 4.88. The van der Waals surface area contributed by atoms with Crippen LogP contribution in [0.15, 0.2) is 41.1 Å². The highest BCUT2D eigenvalue weighted by Gasteiger charge is 2.34. The minimum Gasteiger partial charge on any atom is -0.458 e. The van der Waals surface area contributed by atoms with Gasteiger partial charge in [0.1, 0.15) is 11.6 Å². The molecule has 4 rings (SSSR count). The summed E-state index contributed by atoms with van der Waals surface area (Å²) in [7, 11) is 0. The Morgan fingerprint density at radius 2 is 1.96 bits per heavy atom. The van der Waals surface area contributed by atoms with Gasteiger partial charge in [-0.15, -0.1) is 5.10 Å². The van der Waals surface area contributed by atoms with E-state index in [1.807, 2.05) is 37.5 Å². The summed E-state index contributed by atoms with van der Waals surface area (Å²) in [5.74, 6) is 4.54. The summed E-state index contributed by atoms with van der Waals surface area (Å²) < 4.78 is 7.93. The van der Waals surface area contributed by atoms with E-state index in [4.69, 9.17) is 14.5 Å². The third-order valence-corrected chi connectivity index (χ3v) is 5.30. The molecule has 0 aromatic carbocycles. The number of pyridine rings is 1. The van der Waals surface area contributed by atoms with Gasteiger partial charge in [-0.3, -0.25) is 4.98 Å². The first-order valence-corrected chi connectivity index (χ1v) is 9.47. The van der Waals surface area contributed by atoms with Crippen molar-refractivity contribution in [1.82, 2.24) is 19.7 Å². The lowest BCUT2D eigenvalue weighted by Crippen LogP contribution is -2.19. The molecular formula is C21H26N4O. The standard InChI is InChI=1S/C21H26N4O/c1-13(2)19(17-6-5-11-22-12-17)21-23-20(18-10-7-14(3)26-18)24-25(21)15(4)16-8-9-16/h5-7,10-13,15-16,19H,8-9H2,1-4H3. The van der Waals surface area contributed by atoms with Crippen LogP contribution < -0.4 is 0 Å². The Labute approximate surface area is 154 Å². The zero-order valence-electron chi connectivity index (χ0n) is 15.9. The molecule has 1 aliphatic rings. The van der Waals surface area contributed by atoms with Crippen LogP contribution in [-0.4, -0.2) is 19.7 Å². The van der Waals surface area contributed by atoms with Crippen LogP contribution in [-0.2, 0) is 0 Å². The summed E-state index contributed by atoms with van der Waals surface area (Å²) in [4.78, 5) is 9.28. The maximum Gasteiger partial charge on any atom is 0.217 e. The predicted molar refractivity (Wildman–Crippen MR) is 101 cm³/mol. The Morgan fingerprint density at radius 1 is 1.15 bits per heavy atom. The zero-order chi connectivity index (χ0) is 18.3. The summed E-state index contributed by atoms with van der Waals surface area (Å²) in [5.41, 5.74) is 1.18. The predicted octanol–water partition coefficient (Wildman–Crippen LogP) is 5.00. The van der Waals surface area contributed by atoms with E-state index in [1.165, 1.54) is 18.4 Å². The van der Waals surface area contributed by atoms with E-state index in [2.05, 4.69) is 36.5 Å². The van der Waals surface area contributed by atoms with E-state index in [0.29, 0.717) is 23.7 Å². The van der Waals surface area contributed by atoms with E-state index < -0.39 is 0 Å². The van der Waals surface area contributed by atoms with Gasteiger partial charge in [0, 0.05) is 18.3 Å². The lowest BCUT2D eigenvalue weighted by atomic mass is 9.88. The Morgan fingerprint density at radius 3 is 2.54 bits per heavy atom. The third-order valence-electron chi connectivity index (χ3n) is 5.30. The SMILES string of the molecule is Cc1ccc(-c2nc(C(c3cccnc3)C(C)C)n(C(C)C3CC3)n2)o1. The molecule has 0 radical (unpaired) electrons. The van der Waals surface area contributed by atoms with Gasteiger partial charge >= 0.3 is 0 Å². The third kappa shape index (κ3) is 3.18. The molecule has 0 saturated heterocycles. The fourth-order valence-corrected chi connectivity index (χ4v) is 3.68. The van der Waals surface area contributed by atoms with Crippen molar-refractivity contribution < 1.29 is 4.42 Å².